The van der Waals surface area contributed by atoms with Gasteiger partial charge in [0.05, 0.1) is 6.61 Å². The third-order valence-electron chi connectivity index (χ3n) is 2.06. The van der Waals surface area contributed by atoms with Gasteiger partial charge in [0.2, 0.25) is 0 Å². The lowest BCUT2D eigenvalue weighted by Crippen LogP contribution is -2.30. The SMILES string of the molecule is CCOc1ccc(B(O)O)cc1CC. The van der Waals surface area contributed by atoms with Gasteiger partial charge in [-0.05, 0) is 30.4 Å². The summed E-state index contributed by atoms with van der Waals surface area (Å²) in [7, 11) is -1.41. The van der Waals surface area contributed by atoms with Gasteiger partial charge in [-0.25, -0.2) is 0 Å². The Morgan fingerprint density at radius 1 is 1.29 bits per heavy atom. The van der Waals surface area contributed by atoms with Crippen LogP contribution in [0.25, 0.3) is 0 Å². The number of benzene rings is 1. The molecule has 0 radical (unpaired) electrons. The molecule has 0 aliphatic carbocycles. The second-order valence-electron chi connectivity index (χ2n) is 3.03. The molecule has 0 spiro atoms. The Hall–Kier alpha value is -0.995. The summed E-state index contributed by atoms with van der Waals surface area (Å²) in [6.45, 7) is 4.55. The molecule has 0 amide bonds. The molecule has 4 heteroatoms. The Kier molecular flexibility index (Phi) is 3.98. The van der Waals surface area contributed by atoms with E-state index in [4.69, 9.17) is 14.8 Å². The van der Waals surface area contributed by atoms with Crippen molar-refractivity contribution in [1.82, 2.24) is 0 Å². The Morgan fingerprint density at radius 2 is 2.00 bits per heavy atom. The molecule has 0 atom stereocenters. The molecule has 1 aromatic rings. The fourth-order valence-corrected chi connectivity index (χ4v) is 1.33. The highest BCUT2D eigenvalue weighted by Gasteiger charge is 2.12. The van der Waals surface area contributed by atoms with Crippen LogP contribution in [0.2, 0.25) is 0 Å². The maximum absolute atomic E-state index is 8.98. The fraction of sp³-hybridized carbons (Fsp3) is 0.400. The quantitative estimate of drug-likeness (QED) is 0.679. The maximum atomic E-state index is 8.98. The summed E-state index contributed by atoms with van der Waals surface area (Å²) in [5.41, 5.74) is 1.50. The average Bonchev–Trinajstić information content (AvgIpc) is 2.18. The van der Waals surface area contributed by atoms with Crippen LogP contribution in [0.3, 0.4) is 0 Å². The molecular weight excluding hydrogens is 179 g/mol. The van der Waals surface area contributed by atoms with E-state index in [1.165, 1.54) is 0 Å². The molecule has 0 fully saturated rings. The van der Waals surface area contributed by atoms with Gasteiger partial charge in [0.15, 0.2) is 0 Å². The first-order valence-corrected chi connectivity index (χ1v) is 4.80. The van der Waals surface area contributed by atoms with Gasteiger partial charge in [-0.3, -0.25) is 0 Å². The molecule has 0 heterocycles. The molecule has 0 aromatic heterocycles. The van der Waals surface area contributed by atoms with Crippen LogP contribution in [-0.4, -0.2) is 23.8 Å². The van der Waals surface area contributed by atoms with Crippen LogP contribution in [0.5, 0.6) is 5.75 Å². The van der Waals surface area contributed by atoms with E-state index in [1.807, 2.05) is 13.8 Å². The van der Waals surface area contributed by atoms with Crippen LogP contribution in [0, 0.1) is 0 Å². The second-order valence-corrected chi connectivity index (χ2v) is 3.03. The van der Waals surface area contributed by atoms with Gasteiger partial charge in [0.1, 0.15) is 5.75 Å². The van der Waals surface area contributed by atoms with Crippen LogP contribution in [0.4, 0.5) is 0 Å². The number of hydrogen-bond acceptors (Lipinski definition) is 3. The zero-order valence-corrected chi connectivity index (χ0v) is 8.53. The van der Waals surface area contributed by atoms with Crippen molar-refractivity contribution in [2.24, 2.45) is 0 Å². The van der Waals surface area contributed by atoms with Gasteiger partial charge in [-0.15, -0.1) is 0 Å². The fourth-order valence-electron chi connectivity index (χ4n) is 1.33. The Balaban J connectivity index is 2.98. The molecule has 1 rings (SSSR count). The van der Waals surface area contributed by atoms with E-state index in [2.05, 4.69) is 0 Å². The number of ether oxygens (including phenoxy) is 1. The first-order valence-electron chi connectivity index (χ1n) is 4.80. The third kappa shape index (κ3) is 2.50. The predicted molar refractivity (Wildman–Crippen MR) is 56.8 cm³/mol. The largest absolute Gasteiger partial charge is 0.494 e. The van der Waals surface area contributed by atoms with Gasteiger partial charge in [0, 0.05) is 0 Å². The van der Waals surface area contributed by atoms with E-state index >= 15 is 0 Å². The van der Waals surface area contributed by atoms with Crippen LogP contribution >= 0.6 is 0 Å². The van der Waals surface area contributed by atoms with Crippen molar-refractivity contribution in [2.45, 2.75) is 20.3 Å². The number of hydrogen-bond donors (Lipinski definition) is 2. The van der Waals surface area contributed by atoms with Crippen LogP contribution in [0.1, 0.15) is 19.4 Å². The summed E-state index contributed by atoms with van der Waals surface area (Å²) >= 11 is 0. The molecule has 0 aliphatic rings. The summed E-state index contributed by atoms with van der Waals surface area (Å²) in [6, 6.07) is 5.20. The van der Waals surface area contributed by atoms with E-state index in [1.54, 1.807) is 18.2 Å². The molecule has 76 valence electrons. The van der Waals surface area contributed by atoms with Crippen molar-refractivity contribution in [3.63, 3.8) is 0 Å². The van der Waals surface area contributed by atoms with E-state index in [0.717, 1.165) is 17.7 Å². The highest BCUT2D eigenvalue weighted by Crippen LogP contribution is 2.17. The van der Waals surface area contributed by atoms with Gasteiger partial charge >= 0.3 is 7.12 Å². The standard InChI is InChI=1S/C10H15BO3/c1-3-8-7-9(11(12)13)5-6-10(8)14-4-2/h5-7,12-13H,3-4H2,1-2H3. The minimum atomic E-state index is -1.41. The van der Waals surface area contributed by atoms with Gasteiger partial charge in [-0.2, -0.15) is 0 Å². The first kappa shape index (κ1) is 11.1. The molecule has 2 N–H and O–H groups in total. The highest BCUT2D eigenvalue weighted by molar-refractivity contribution is 6.58. The molecule has 0 unspecified atom stereocenters. The molecule has 0 bridgehead atoms. The predicted octanol–water partition coefficient (Wildman–Crippen LogP) is 0.328. The van der Waals surface area contributed by atoms with Gasteiger partial charge in [0.25, 0.3) is 0 Å². The minimum absolute atomic E-state index is 0.505. The lowest BCUT2D eigenvalue weighted by molar-refractivity contribution is 0.337. The van der Waals surface area contributed by atoms with Crippen LogP contribution in [0.15, 0.2) is 18.2 Å². The summed E-state index contributed by atoms with van der Waals surface area (Å²) in [5.74, 6) is 0.819. The second kappa shape index (κ2) is 5.03. The van der Waals surface area contributed by atoms with Crippen molar-refractivity contribution in [3.8, 4) is 5.75 Å². The van der Waals surface area contributed by atoms with Gasteiger partial charge in [-0.1, -0.05) is 19.1 Å². The lowest BCUT2D eigenvalue weighted by Gasteiger charge is -2.10. The Bertz CT molecular complexity index is 299. The average molecular weight is 194 g/mol. The number of aryl methyl sites for hydroxylation is 1. The molecule has 0 saturated carbocycles. The topological polar surface area (TPSA) is 49.7 Å². The zero-order valence-electron chi connectivity index (χ0n) is 8.53. The smallest absolute Gasteiger partial charge is 0.488 e. The molecular formula is C10H15BO3. The van der Waals surface area contributed by atoms with Gasteiger partial charge < -0.3 is 14.8 Å². The van der Waals surface area contributed by atoms with E-state index in [-0.39, 0.29) is 0 Å². The molecule has 0 saturated heterocycles. The highest BCUT2D eigenvalue weighted by atomic mass is 16.5. The summed E-state index contributed by atoms with van der Waals surface area (Å²) in [6.07, 6.45) is 0.815. The third-order valence-corrected chi connectivity index (χ3v) is 2.06. The summed E-state index contributed by atoms with van der Waals surface area (Å²) in [4.78, 5) is 0. The summed E-state index contributed by atoms with van der Waals surface area (Å²) < 4.78 is 5.40. The zero-order chi connectivity index (χ0) is 10.6. The molecule has 14 heavy (non-hydrogen) atoms. The molecule has 1 aromatic carbocycles. The van der Waals surface area contributed by atoms with Crippen LogP contribution < -0.4 is 10.2 Å². The van der Waals surface area contributed by atoms with Crippen molar-refractivity contribution < 1.29 is 14.8 Å². The minimum Gasteiger partial charge on any atom is -0.494 e. The maximum Gasteiger partial charge on any atom is 0.488 e. The Labute approximate surface area is 84.5 Å². The van der Waals surface area contributed by atoms with Crippen molar-refractivity contribution in [1.29, 1.82) is 0 Å². The molecule has 3 nitrogen and oxygen atoms in total. The van der Waals surface area contributed by atoms with E-state index in [9.17, 15) is 0 Å². The van der Waals surface area contributed by atoms with Crippen molar-refractivity contribution >= 4 is 12.6 Å². The summed E-state index contributed by atoms with van der Waals surface area (Å²) in [5, 5.41) is 18.0. The van der Waals surface area contributed by atoms with Crippen molar-refractivity contribution in [3.05, 3.63) is 23.8 Å². The van der Waals surface area contributed by atoms with Crippen molar-refractivity contribution in [2.75, 3.05) is 6.61 Å². The number of rotatable bonds is 4. The first-order chi connectivity index (χ1) is 6.69. The monoisotopic (exact) mass is 194 g/mol. The Morgan fingerprint density at radius 3 is 2.50 bits per heavy atom. The lowest BCUT2D eigenvalue weighted by atomic mass is 9.79. The van der Waals surface area contributed by atoms with E-state index in [0.29, 0.717) is 12.1 Å². The van der Waals surface area contributed by atoms with E-state index < -0.39 is 7.12 Å². The normalized spacial score (nSPS) is 10.0. The van der Waals surface area contributed by atoms with Crippen LogP contribution in [-0.2, 0) is 6.42 Å². The molecule has 0 aliphatic heterocycles.